The van der Waals surface area contributed by atoms with Crippen LogP contribution in [0.4, 0.5) is 5.69 Å². The minimum Gasteiger partial charge on any atom is -0.480 e. The van der Waals surface area contributed by atoms with Gasteiger partial charge in [0.15, 0.2) is 0 Å². The number of rotatable bonds is 6. The summed E-state index contributed by atoms with van der Waals surface area (Å²) in [4.78, 5) is 38.4. The van der Waals surface area contributed by atoms with Crippen LogP contribution in [0.15, 0.2) is 48.5 Å². The van der Waals surface area contributed by atoms with E-state index in [1.54, 1.807) is 36.4 Å². The molecule has 7 heteroatoms. The number of carbonyl (C=O) groups excluding carboxylic acids is 2. The van der Waals surface area contributed by atoms with E-state index in [0.717, 1.165) is 0 Å². The van der Waals surface area contributed by atoms with Crippen LogP contribution in [-0.2, 0) is 9.59 Å². The van der Waals surface area contributed by atoms with Crippen LogP contribution in [0.1, 0.15) is 28.3 Å². The molecule has 0 aromatic heterocycles. The van der Waals surface area contributed by atoms with Crippen molar-refractivity contribution in [2.24, 2.45) is 0 Å². The summed E-state index contributed by atoms with van der Waals surface area (Å²) < 4.78 is 0. The monoisotopic (exact) mass is 396 g/mol. The van der Waals surface area contributed by atoms with Crippen molar-refractivity contribution in [2.75, 3.05) is 11.4 Å². The Morgan fingerprint density at radius 3 is 2.54 bits per heavy atom. The Bertz CT molecular complexity index is 965. The van der Waals surface area contributed by atoms with Gasteiger partial charge in [-0.3, -0.25) is 14.5 Å². The van der Waals surface area contributed by atoms with Gasteiger partial charge in [-0.1, -0.05) is 35.7 Å². The minimum absolute atomic E-state index is 0.0778. The molecule has 0 saturated carbocycles. The van der Waals surface area contributed by atoms with Gasteiger partial charge >= 0.3 is 5.97 Å². The molecule has 2 atom stereocenters. The molecule has 2 aromatic rings. The molecular formula is C21H17ClN2O4. The Labute approximate surface area is 167 Å². The molecule has 0 fully saturated rings. The molecule has 0 spiro atoms. The number of benzene rings is 2. The second-order valence-corrected chi connectivity index (χ2v) is 6.78. The number of carbonyl (C=O) groups is 3. The lowest BCUT2D eigenvalue weighted by molar-refractivity contribution is -0.139. The highest BCUT2D eigenvalue weighted by Crippen LogP contribution is 2.39. The summed E-state index contributed by atoms with van der Waals surface area (Å²) in [5, 5.41) is 12.5. The van der Waals surface area contributed by atoms with Gasteiger partial charge in [-0.2, -0.15) is 0 Å². The maximum atomic E-state index is 12.8. The number of hydrogen-bond acceptors (Lipinski definition) is 3. The third-order valence-corrected chi connectivity index (χ3v) is 4.85. The predicted molar refractivity (Wildman–Crippen MR) is 105 cm³/mol. The van der Waals surface area contributed by atoms with E-state index < -0.39 is 23.8 Å². The van der Waals surface area contributed by atoms with E-state index in [9.17, 15) is 19.5 Å². The van der Waals surface area contributed by atoms with Crippen LogP contribution in [0.2, 0.25) is 5.02 Å². The fraction of sp³-hybridized carbons (Fsp3) is 0.190. The van der Waals surface area contributed by atoms with Gasteiger partial charge in [0.25, 0.3) is 5.91 Å². The van der Waals surface area contributed by atoms with Gasteiger partial charge in [0.05, 0.1) is 12.5 Å². The van der Waals surface area contributed by atoms with Crippen LogP contribution >= 0.6 is 11.6 Å². The zero-order chi connectivity index (χ0) is 20.3. The second-order valence-electron chi connectivity index (χ2n) is 6.35. The number of aliphatic carboxylic acids is 1. The van der Waals surface area contributed by atoms with Gasteiger partial charge in [-0.15, -0.1) is 6.42 Å². The highest BCUT2D eigenvalue weighted by atomic mass is 35.5. The molecule has 142 valence electrons. The van der Waals surface area contributed by atoms with Crippen molar-refractivity contribution in [2.45, 2.75) is 18.4 Å². The number of fused-ring (bicyclic) bond motifs is 1. The predicted octanol–water partition coefficient (Wildman–Crippen LogP) is 2.68. The third-order valence-electron chi connectivity index (χ3n) is 4.60. The van der Waals surface area contributed by atoms with Gasteiger partial charge < -0.3 is 10.4 Å². The number of anilines is 1. The first-order chi connectivity index (χ1) is 13.4. The molecular weight excluding hydrogens is 380 g/mol. The standard InChI is InChI=1S/C21H17ClN2O4/c1-2-11-24-18-6-4-3-5-15(18)16(20(24)26)12-17(21(27)28)23-19(25)13-7-9-14(22)10-8-13/h1,3-10,16-17H,11-12H2,(H,23,25)(H,27,28). The van der Waals surface area contributed by atoms with E-state index >= 15 is 0 Å². The molecule has 2 aromatic carbocycles. The van der Waals surface area contributed by atoms with Crippen molar-refractivity contribution in [1.82, 2.24) is 5.32 Å². The molecule has 0 aliphatic carbocycles. The van der Waals surface area contributed by atoms with Gasteiger partial charge in [0.1, 0.15) is 6.04 Å². The minimum atomic E-state index is -1.24. The number of para-hydroxylation sites is 1. The summed E-state index contributed by atoms with van der Waals surface area (Å²) in [6.07, 6.45) is 5.28. The molecule has 0 saturated heterocycles. The maximum Gasteiger partial charge on any atom is 0.326 e. The summed E-state index contributed by atoms with van der Waals surface area (Å²) in [6.45, 7) is 0.0984. The third kappa shape index (κ3) is 3.85. The van der Waals surface area contributed by atoms with E-state index in [1.807, 2.05) is 0 Å². The first kappa shape index (κ1) is 19.5. The molecule has 28 heavy (non-hydrogen) atoms. The molecule has 0 bridgehead atoms. The number of terminal acetylenes is 1. The van der Waals surface area contributed by atoms with Crippen LogP contribution in [0.5, 0.6) is 0 Å². The fourth-order valence-corrected chi connectivity index (χ4v) is 3.38. The average molecular weight is 397 g/mol. The summed E-state index contributed by atoms with van der Waals surface area (Å²) in [7, 11) is 0. The Balaban J connectivity index is 1.82. The van der Waals surface area contributed by atoms with Gasteiger partial charge in [0, 0.05) is 16.3 Å². The Kier molecular flexibility index (Phi) is 5.67. The summed E-state index contributed by atoms with van der Waals surface area (Å²) in [5.41, 5.74) is 1.65. The number of amides is 2. The molecule has 1 aliphatic rings. The van der Waals surface area contributed by atoms with E-state index in [2.05, 4.69) is 11.2 Å². The Morgan fingerprint density at radius 1 is 1.21 bits per heavy atom. The van der Waals surface area contributed by atoms with Gasteiger partial charge in [0.2, 0.25) is 5.91 Å². The molecule has 1 heterocycles. The normalized spacial score (nSPS) is 16.2. The smallest absolute Gasteiger partial charge is 0.326 e. The Hall–Kier alpha value is -3.30. The number of halogens is 1. The molecule has 2 N–H and O–H groups in total. The highest BCUT2D eigenvalue weighted by Gasteiger charge is 2.39. The maximum absolute atomic E-state index is 12.8. The second kappa shape index (κ2) is 8.15. The number of hydrogen-bond donors (Lipinski definition) is 2. The van der Waals surface area contributed by atoms with Crippen molar-refractivity contribution in [3.63, 3.8) is 0 Å². The SMILES string of the molecule is C#CCN1C(=O)C(CC(NC(=O)c2ccc(Cl)cc2)C(=O)O)c2ccccc21. The van der Waals surface area contributed by atoms with E-state index in [0.29, 0.717) is 16.3 Å². The quantitative estimate of drug-likeness (QED) is 0.735. The highest BCUT2D eigenvalue weighted by molar-refractivity contribution is 6.30. The lowest BCUT2D eigenvalue weighted by atomic mass is 9.93. The summed E-state index contributed by atoms with van der Waals surface area (Å²) >= 11 is 5.81. The molecule has 2 unspecified atom stereocenters. The summed E-state index contributed by atoms with van der Waals surface area (Å²) in [6, 6.07) is 12.0. The van der Waals surface area contributed by atoms with Crippen molar-refractivity contribution in [1.29, 1.82) is 0 Å². The van der Waals surface area contributed by atoms with Gasteiger partial charge in [-0.05, 0) is 42.3 Å². The molecule has 3 rings (SSSR count). The average Bonchev–Trinajstić information content (AvgIpc) is 2.94. The van der Waals surface area contributed by atoms with E-state index in [1.165, 1.54) is 17.0 Å². The van der Waals surface area contributed by atoms with Crippen molar-refractivity contribution < 1.29 is 19.5 Å². The van der Waals surface area contributed by atoms with Crippen LogP contribution < -0.4 is 10.2 Å². The largest absolute Gasteiger partial charge is 0.480 e. The van der Waals surface area contributed by atoms with E-state index in [-0.39, 0.29) is 24.4 Å². The van der Waals surface area contributed by atoms with Crippen molar-refractivity contribution in [3.05, 3.63) is 64.7 Å². The molecule has 2 amide bonds. The van der Waals surface area contributed by atoms with Crippen LogP contribution in [0, 0.1) is 12.3 Å². The van der Waals surface area contributed by atoms with Crippen molar-refractivity contribution >= 4 is 35.1 Å². The number of nitrogens with zero attached hydrogens (tertiary/aromatic N) is 1. The fourth-order valence-electron chi connectivity index (χ4n) is 3.25. The summed E-state index contributed by atoms with van der Waals surface area (Å²) in [5.74, 6) is -0.298. The van der Waals surface area contributed by atoms with Crippen molar-refractivity contribution in [3.8, 4) is 12.3 Å². The van der Waals surface area contributed by atoms with Crippen LogP contribution in [0.3, 0.4) is 0 Å². The topological polar surface area (TPSA) is 86.7 Å². The first-order valence-corrected chi connectivity index (χ1v) is 8.93. The lowest BCUT2D eigenvalue weighted by Gasteiger charge is -2.19. The first-order valence-electron chi connectivity index (χ1n) is 8.55. The van der Waals surface area contributed by atoms with E-state index in [4.69, 9.17) is 18.0 Å². The zero-order valence-electron chi connectivity index (χ0n) is 14.8. The zero-order valence-corrected chi connectivity index (χ0v) is 15.5. The number of carboxylic acids is 1. The van der Waals surface area contributed by atoms with Gasteiger partial charge in [-0.25, -0.2) is 4.79 Å². The molecule has 6 nitrogen and oxygen atoms in total. The molecule has 1 aliphatic heterocycles. The van der Waals surface area contributed by atoms with Crippen LogP contribution in [-0.4, -0.2) is 35.5 Å². The Morgan fingerprint density at radius 2 is 1.89 bits per heavy atom. The van der Waals surface area contributed by atoms with Crippen LogP contribution in [0.25, 0.3) is 0 Å². The molecule has 0 radical (unpaired) electrons. The lowest BCUT2D eigenvalue weighted by Crippen LogP contribution is -2.43. The number of nitrogens with one attached hydrogen (secondary N) is 1. The number of carboxylic acid groups (broad SMARTS) is 1.